The molecule has 80 valence electrons. The second-order valence-corrected chi connectivity index (χ2v) is 3.87. The Morgan fingerprint density at radius 2 is 2.27 bits per heavy atom. The number of rotatable bonds is 3. The molecule has 0 aromatic carbocycles. The number of halogens is 1. The van der Waals surface area contributed by atoms with E-state index in [1.807, 2.05) is 0 Å². The Hall–Kier alpha value is -1.23. The van der Waals surface area contributed by atoms with Crippen molar-refractivity contribution in [2.24, 2.45) is 0 Å². The lowest BCUT2D eigenvalue weighted by Crippen LogP contribution is -2.07. The van der Waals surface area contributed by atoms with E-state index >= 15 is 0 Å². The minimum absolute atomic E-state index is 0.283. The molecule has 2 rings (SSSR count). The third-order valence-corrected chi connectivity index (χ3v) is 2.62. The summed E-state index contributed by atoms with van der Waals surface area (Å²) in [5.74, 6) is 0. The Morgan fingerprint density at radius 1 is 1.47 bits per heavy atom. The average Bonchev–Trinajstić information content (AvgIpc) is 2.63. The molecular formula is C9H12ClN5. The molecule has 5 nitrogen and oxygen atoms in total. The lowest BCUT2D eigenvalue weighted by molar-refractivity contribution is 0.453. The largest absolute Gasteiger partial charge is 0.224 e. The smallest absolute Gasteiger partial charge is 0.183 e. The van der Waals surface area contributed by atoms with E-state index in [9.17, 15) is 0 Å². The molecule has 15 heavy (non-hydrogen) atoms. The molecule has 0 saturated carbocycles. The van der Waals surface area contributed by atoms with Crippen molar-refractivity contribution in [3.8, 4) is 0 Å². The number of aromatic nitrogens is 5. The summed E-state index contributed by atoms with van der Waals surface area (Å²) in [6, 6.07) is 0.283. The van der Waals surface area contributed by atoms with Crippen molar-refractivity contribution < 1.29 is 0 Å². The molecular weight excluding hydrogens is 214 g/mol. The zero-order valence-electron chi connectivity index (χ0n) is 8.68. The molecule has 0 amide bonds. The SMILES string of the molecule is CCCC(C)n1nnc2c(Cl)ncnc21. The summed E-state index contributed by atoms with van der Waals surface area (Å²) in [6.07, 6.45) is 3.57. The maximum Gasteiger partial charge on any atom is 0.183 e. The summed E-state index contributed by atoms with van der Waals surface area (Å²) in [6.45, 7) is 4.23. The summed E-state index contributed by atoms with van der Waals surface area (Å²) < 4.78 is 1.80. The van der Waals surface area contributed by atoms with Crippen LogP contribution in [0, 0.1) is 0 Å². The van der Waals surface area contributed by atoms with E-state index < -0.39 is 0 Å². The average molecular weight is 226 g/mol. The molecule has 0 fully saturated rings. The highest BCUT2D eigenvalue weighted by atomic mass is 35.5. The van der Waals surface area contributed by atoms with Gasteiger partial charge in [0, 0.05) is 0 Å². The molecule has 0 aliphatic carbocycles. The molecule has 2 aromatic heterocycles. The second kappa shape index (κ2) is 4.10. The van der Waals surface area contributed by atoms with Gasteiger partial charge in [-0.2, -0.15) is 0 Å². The quantitative estimate of drug-likeness (QED) is 0.752. The molecule has 0 aliphatic rings. The Balaban J connectivity index is 2.49. The van der Waals surface area contributed by atoms with Crippen LogP contribution in [0.15, 0.2) is 6.33 Å². The van der Waals surface area contributed by atoms with Crippen LogP contribution in [0.2, 0.25) is 5.15 Å². The van der Waals surface area contributed by atoms with Crippen LogP contribution in [0.4, 0.5) is 0 Å². The molecule has 0 saturated heterocycles. The first kappa shape index (κ1) is 10.3. The van der Waals surface area contributed by atoms with Gasteiger partial charge in [-0.05, 0) is 13.3 Å². The zero-order chi connectivity index (χ0) is 10.8. The second-order valence-electron chi connectivity index (χ2n) is 3.51. The number of nitrogens with zero attached hydrogens (tertiary/aromatic N) is 5. The first-order valence-corrected chi connectivity index (χ1v) is 5.33. The van der Waals surface area contributed by atoms with Gasteiger partial charge in [-0.3, -0.25) is 0 Å². The summed E-state index contributed by atoms with van der Waals surface area (Å²) in [5.41, 5.74) is 1.28. The lowest BCUT2D eigenvalue weighted by atomic mass is 10.2. The van der Waals surface area contributed by atoms with Crippen molar-refractivity contribution in [3.05, 3.63) is 11.5 Å². The number of fused-ring (bicyclic) bond motifs is 1. The van der Waals surface area contributed by atoms with E-state index in [-0.39, 0.29) is 6.04 Å². The fraction of sp³-hybridized carbons (Fsp3) is 0.556. The van der Waals surface area contributed by atoms with Gasteiger partial charge in [-0.25, -0.2) is 14.6 Å². The van der Waals surface area contributed by atoms with Gasteiger partial charge < -0.3 is 0 Å². The van der Waals surface area contributed by atoms with Crippen molar-refractivity contribution in [1.29, 1.82) is 0 Å². The van der Waals surface area contributed by atoms with Crippen molar-refractivity contribution in [3.63, 3.8) is 0 Å². The van der Waals surface area contributed by atoms with E-state index in [2.05, 4.69) is 34.1 Å². The van der Waals surface area contributed by atoms with Crippen LogP contribution in [0.1, 0.15) is 32.7 Å². The molecule has 0 spiro atoms. The first-order valence-electron chi connectivity index (χ1n) is 4.95. The highest BCUT2D eigenvalue weighted by molar-refractivity contribution is 6.33. The predicted octanol–water partition coefficient (Wildman–Crippen LogP) is 2.24. The molecule has 2 heterocycles. The normalized spacial score (nSPS) is 13.3. The molecule has 2 aromatic rings. The Labute approximate surface area is 92.5 Å². The van der Waals surface area contributed by atoms with E-state index in [0.29, 0.717) is 16.3 Å². The predicted molar refractivity (Wildman–Crippen MR) is 57.7 cm³/mol. The Kier molecular flexibility index (Phi) is 2.81. The highest BCUT2D eigenvalue weighted by Gasteiger charge is 2.13. The van der Waals surface area contributed by atoms with E-state index in [1.165, 1.54) is 6.33 Å². The summed E-state index contributed by atoms with van der Waals surface area (Å²) in [7, 11) is 0. The monoisotopic (exact) mass is 225 g/mol. The van der Waals surface area contributed by atoms with Gasteiger partial charge in [-0.1, -0.05) is 30.2 Å². The van der Waals surface area contributed by atoms with Crippen LogP contribution in [0.5, 0.6) is 0 Å². The Bertz CT molecular complexity index is 466. The Morgan fingerprint density at radius 3 is 3.00 bits per heavy atom. The molecule has 1 atom stereocenters. The molecule has 0 radical (unpaired) electrons. The molecule has 0 bridgehead atoms. The summed E-state index contributed by atoms with van der Waals surface area (Å²) in [5, 5.41) is 8.39. The van der Waals surface area contributed by atoms with E-state index in [4.69, 9.17) is 11.6 Å². The van der Waals surface area contributed by atoms with E-state index in [1.54, 1.807) is 4.68 Å². The topological polar surface area (TPSA) is 56.5 Å². The van der Waals surface area contributed by atoms with Crippen molar-refractivity contribution >= 4 is 22.8 Å². The molecule has 6 heteroatoms. The highest BCUT2D eigenvalue weighted by Crippen LogP contribution is 2.20. The van der Waals surface area contributed by atoms with E-state index in [0.717, 1.165) is 12.8 Å². The number of hydrogen-bond acceptors (Lipinski definition) is 4. The zero-order valence-corrected chi connectivity index (χ0v) is 9.44. The first-order chi connectivity index (χ1) is 7.24. The summed E-state index contributed by atoms with van der Waals surface area (Å²) >= 11 is 5.89. The van der Waals surface area contributed by atoms with Gasteiger partial charge in [0.25, 0.3) is 0 Å². The van der Waals surface area contributed by atoms with Crippen molar-refractivity contribution in [2.45, 2.75) is 32.7 Å². The minimum atomic E-state index is 0.283. The van der Waals surface area contributed by atoms with Crippen molar-refractivity contribution in [1.82, 2.24) is 25.0 Å². The standard InChI is InChI=1S/C9H12ClN5/c1-3-4-6(2)15-9-7(13-14-15)8(10)11-5-12-9/h5-6H,3-4H2,1-2H3. The van der Waals surface area contributed by atoms with Crippen LogP contribution in [0.25, 0.3) is 11.2 Å². The molecule has 0 N–H and O–H groups in total. The van der Waals surface area contributed by atoms with Gasteiger partial charge in [0.2, 0.25) is 0 Å². The molecule has 0 aliphatic heterocycles. The maximum atomic E-state index is 5.89. The van der Waals surface area contributed by atoms with Crippen LogP contribution in [-0.4, -0.2) is 25.0 Å². The minimum Gasteiger partial charge on any atom is -0.224 e. The van der Waals surface area contributed by atoms with Gasteiger partial charge >= 0.3 is 0 Å². The van der Waals surface area contributed by atoms with Crippen LogP contribution in [-0.2, 0) is 0 Å². The summed E-state index contributed by atoms with van der Waals surface area (Å²) in [4.78, 5) is 8.01. The fourth-order valence-electron chi connectivity index (χ4n) is 1.57. The third-order valence-electron chi connectivity index (χ3n) is 2.34. The van der Waals surface area contributed by atoms with Crippen LogP contribution < -0.4 is 0 Å². The van der Waals surface area contributed by atoms with Crippen LogP contribution in [0.3, 0.4) is 0 Å². The van der Waals surface area contributed by atoms with Gasteiger partial charge in [0.05, 0.1) is 6.04 Å². The van der Waals surface area contributed by atoms with Crippen LogP contribution >= 0.6 is 11.6 Å². The van der Waals surface area contributed by atoms with Gasteiger partial charge in [-0.15, -0.1) is 5.10 Å². The van der Waals surface area contributed by atoms with Gasteiger partial charge in [0.15, 0.2) is 16.3 Å². The molecule has 1 unspecified atom stereocenters. The van der Waals surface area contributed by atoms with Gasteiger partial charge in [0.1, 0.15) is 6.33 Å². The lowest BCUT2D eigenvalue weighted by Gasteiger charge is -2.09. The fourth-order valence-corrected chi connectivity index (χ4v) is 1.74. The van der Waals surface area contributed by atoms with Crippen molar-refractivity contribution in [2.75, 3.05) is 0 Å². The maximum absolute atomic E-state index is 5.89. The number of hydrogen-bond donors (Lipinski definition) is 0. The third kappa shape index (κ3) is 1.79.